The smallest absolute Gasteiger partial charge is 0.124 e. The molecule has 0 fully saturated rings. The standard InChI is InChI=1S/C22H22ClNO2/c1-2-25-20-13-11-19(12-14-20)24-15-17-7-4-6-10-22(17)26-16-18-8-3-5-9-21(18)23/h3-14,24H,2,15-16H2,1H3. The second-order valence-corrected chi connectivity index (χ2v) is 6.21. The summed E-state index contributed by atoms with van der Waals surface area (Å²) in [7, 11) is 0. The van der Waals surface area contributed by atoms with Crippen molar-refractivity contribution in [2.45, 2.75) is 20.1 Å². The normalized spacial score (nSPS) is 10.4. The van der Waals surface area contributed by atoms with E-state index in [9.17, 15) is 0 Å². The summed E-state index contributed by atoms with van der Waals surface area (Å²) >= 11 is 6.20. The van der Waals surface area contributed by atoms with E-state index in [2.05, 4.69) is 11.4 Å². The van der Waals surface area contributed by atoms with Crippen LogP contribution in [0.25, 0.3) is 0 Å². The molecule has 3 rings (SSSR count). The third-order valence-corrected chi connectivity index (χ3v) is 4.33. The fourth-order valence-electron chi connectivity index (χ4n) is 2.59. The molecule has 0 heterocycles. The van der Waals surface area contributed by atoms with Crippen molar-refractivity contribution in [1.82, 2.24) is 0 Å². The lowest BCUT2D eigenvalue weighted by atomic mass is 10.2. The molecule has 0 radical (unpaired) electrons. The number of anilines is 1. The number of hydrogen-bond acceptors (Lipinski definition) is 3. The molecule has 4 heteroatoms. The molecule has 3 nitrogen and oxygen atoms in total. The minimum Gasteiger partial charge on any atom is -0.494 e. The highest BCUT2D eigenvalue weighted by molar-refractivity contribution is 6.31. The maximum absolute atomic E-state index is 6.20. The number of hydrogen-bond donors (Lipinski definition) is 1. The van der Waals surface area contributed by atoms with Crippen molar-refractivity contribution in [3.8, 4) is 11.5 Å². The van der Waals surface area contributed by atoms with Gasteiger partial charge in [-0.1, -0.05) is 48.0 Å². The molecule has 1 N–H and O–H groups in total. The number of benzene rings is 3. The Morgan fingerprint density at radius 3 is 2.23 bits per heavy atom. The molecule has 0 unspecified atom stereocenters. The highest BCUT2D eigenvalue weighted by Crippen LogP contribution is 2.23. The maximum atomic E-state index is 6.20. The molecule has 134 valence electrons. The van der Waals surface area contributed by atoms with Crippen LogP contribution in [0.3, 0.4) is 0 Å². The summed E-state index contributed by atoms with van der Waals surface area (Å²) in [6.07, 6.45) is 0. The van der Waals surface area contributed by atoms with Crippen molar-refractivity contribution in [1.29, 1.82) is 0 Å². The van der Waals surface area contributed by atoms with E-state index < -0.39 is 0 Å². The van der Waals surface area contributed by atoms with Gasteiger partial charge in [-0.25, -0.2) is 0 Å². The van der Waals surface area contributed by atoms with Gasteiger partial charge in [-0.3, -0.25) is 0 Å². The Bertz CT molecular complexity index is 834. The van der Waals surface area contributed by atoms with Crippen LogP contribution < -0.4 is 14.8 Å². The highest BCUT2D eigenvalue weighted by atomic mass is 35.5. The summed E-state index contributed by atoms with van der Waals surface area (Å²) in [6, 6.07) is 23.7. The molecule has 0 atom stereocenters. The van der Waals surface area contributed by atoms with Gasteiger partial charge in [-0.15, -0.1) is 0 Å². The van der Waals surface area contributed by atoms with Crippen LogP contribution in [0.2, 0.25) is 5.02 Å². The predicted octanol–water partition coefficient (Wildman–Crippen LogP) is 5.93. The lowest BCUT2D eigenvalue weighted by molar-refractivity contribution is 0.303. The molecule has 0 spiro atoms. The van der Waals surface area contributed by atoms with Crippen LogP contribution >= 0.6 is 11.6 Å². The average molecular weight is 368 g/mol. The Kier molecular flexibility index (Phi) is 6.39. The zero-order valence-electron chi connectivity index (χ0n) is 14.7. The maximum Gasteiger partial charge on any atom is 0.124 e. The van der Waals surface area contributed by atoms with Crippen LogP contribution in [-0.4, -0.2) is 6.61 Å². The number of para-hydroxylation sites is 1. The van der Waals surface area contributed by atoms with E-state index in [1.807, 2.05) is 73.7 Å². The monoisotopic (exact) mass is 367 g/mol. The third-order valence-electron chi connectivity index (χ3n) is 3.96. The van der Waals surface area contributed by atoms with Crippen molar-refractivity contribution in [3.05, 3.63) is 88.9 Å². The molecule has 0 aliphatic carbocycles. The minimum atomic E-state index is 0.444. The van der Waals surface area contributed by atoms with Gasteiger partial charge < -0.3 is 14.8 Å². The largest absolute Gasteiger partial charge is 0.494 e. The van der Waals surface area contributed by atoms with Gasteiger partial charge >= 0.3 is 0 Å². The molecular weight excluding hydrogens is 346 g/mol. The Balaban J connectivity index is 1.62. The first-order valence-corrected chi connectivity index (χ1v) is 9.05. The predicted molar refractivity (Wildman–Crippen MR) is 107 cm³/mol. The Labute approximate surface area is 159 Å². The average Bonchev–Trinajstić information content (AvgIpc) is 2.68. The van der Waals surface area contributed by atoms with Crippen LogP contribution in [0.4, 0.5) is 5.69 Å². The third kappa shape index (κ3) is 4.93. The summed E-state index contributed by atoms with van der Waals surface area (Å²) in [5.74, 6) is 1.73. The number of halogens is 1. The first kappa shape index (κ1) is 18.2. The van der Waals surface area contributed by atoms with Crippen molar-refractivity contribution >= 4 is 17.3 Å². The van der Waals surface area contributed by atoms with E-state index in [1.165, 1.54) is 0 Å². The van der Waals surface area contributed by atoms with Gasteiger partial charge in [0.15, 0.2) is 0 Å². The summed E-state index contributed by atoms with van der Waals surface area (Å²) < 4.78 is 11.5. The Hall–Kier alpha value is -2.65. The van der Waals surface area contributed by atoms with E-state index in [-0.39, 0.29) is 0 Å². The zero-order valence-corrected chi connectivity index (χ0v) is 15.5. The second kappa shape index (κ2) is 9.16. The summed E-state index contributed by atoms with van der Waals surface area (Å²) in [6.45, 7) is 3.76. The van der Waals surface area contributed by atoms with E-state index in [0.717, 1.165) is 33.3 Å². The molecule has 0 aliphatic rings. The van der Waals surface area contributed by atoms with Gasteiger partial charge in [0.2, 0.25) is 0 Å². The van der Waals surface area contributed by atoms with Gasteiger partial charge in [0, 0.05) is 28.4 Å². The Morgan fingerprint density at radius 1 is 0.808 bits per heavy atom. The highest BCUT2D eigenvalue weighted by Gasteiger charge is 2.05. The molecule has 0 bridgehead atoms. The van der Waals surface area contributed by atoms with Crippen LogP contribution in [0.5, 0.6) is 11.5 Å². The molecule has 3 aromatic rings. The van der Waals surface area contributed by atoms with E-state index in [0.29, 0.717) is 19.8 Å². The van der Waals surface area contributed by atoms with Gasteiger partial charge in [0.05, 0.1) is 6.61 Å². The van der Waals surface area contributed by atoms with Crippen LogP contribution in [0.15, 0.2) is 72.8 Å². The zero-order chi connectivity index (χ0) is 18.2. The Morgan fingerprint density at radius 2 is 1.50 bits per heavy atom. The molecule has 0 aliphatic heterocycles. The molecule has 0 aromatic heterocycles. The SMILES string of the molecule is CCOc1ccc(NCc2ccccc2OCc2ccccc2Cl)cc1. The van der Waals surface area contributed by atoms with Gasteiger partial charge in [0.1, 0.15) is 18.1 Å². The van der Waals surface area contributed by atoms with E-state index >= 15 is 0 Å². The topological polar surface area (TPSA) is 30.5 Å². The fraction of sp³-hybridized carbons (Fsp3) is 0.182. The number of ether oxygens (including phenoxy) is 2. The minimum absolute atomic E-state index is 0.444. The van der Waals surface area contributed by atoms with Gasteiger partial charge in [-0.2, -0.15) is 0 Å². The quantitative estimate of drug-likeness (QED) is 0.535. The molecule has 0 saturated heterocycles. The summed E-state index contributed by atoms with van der Waals surface area (Å²) in [4.78, 5) is 0. The van der Waals surface area contributed by atoms with Gasteiger partial charge in [-0.05, 0) is 43.3 Å². The van der Waals surface area contributed by atoms with Crippen LogP contribution in [0.1, 0.15) is 18.1 Å². The summed E-state index contributed by atoms with van der Waals surface area (Å²) in [5, 5.41) is 4.14. The number of rotatable bonds is 8. The number of nitrogens with one attached hydrogen (secondary N) is 1. The molecule has 26 heavy (non-hydrogen) atoms. The first-order valence-electron chi connectivity index (χ1n) is 8.67. The molecule has 0 saturated carbocycles. The fourth-order valence-corrected chi connectivity index (χ4v) is 2.78. The van der Waals surface area contributed by atoms with Crippen molar-refractivity contribution in [2.24, 2.45) is 0 Å². The summed E-state index contributed by atoms with van der Waals surface area (Å²) in [5.41, 5.74) is 3.10. The van der Waals surface area contributed by atoms with Crippen molar-refractivity contribution in [2.75, 3.05) is 11.9 Å². The second-order valence-electron chi connectivity index (χ2n) is 5.80. The van der Waals surface area contributed by atoms with Crippen LogP contribution in [-0.2, 0) is 13.2 Å². The lowest BCUT2D eigenvalue weighted by Gasteiger charge is -2.14. The molecular formula is C22H22ClNO2. The van der Waals surface area contributed by atoms with Crippen LogP contribution in [0, 0.1) is 0 Å². The first-order chi connectivity index (χ1) is 12.8. The van der Waals surface area contributed by atoms with E-state index in [1.54, 1.807) is 0 Å². The van der Waals surface area contributed by atoms with Crippen molar-refractivity contribution < 1.29 is 9.47 Å². The molecule has 0 amide bonds. The van der Waals surface area contributed by atoms with Gasteiger partial charge in [0.25, 0.3) is 0 Å². The molecule has 3 aromatic carbocycles. The van der Waals surface area contributed by atoms with Crippen molar-refractivity contribution in [3.63, 3.8) is 0 Å². The van der Waals surface area contributed by atoms with E-state index in [4.69, 9.17) is 21.1 Å². The lowest BCUT2D eigenvalue weighted by Crippen LogP contribution is -2.04.